The van der Waals surface area contributed by atoms with Gasteiger partial charge < -0.3 is 20.8 Å². The van der Waals surface area contributed by atoms with Crippen molar-refractivity contribution in [2.75, 3.05) is 12.8 Å². The van der Waals surface area contributed by atoms with Gasteiger partial charge in [0.05, 0.1) is 12.7 Å². The molecule has 1 amide bonds. The lowest BCUT2D eigenvalue weighted by Gasteiger charge is -2.10. The fourth-order valence-electron chi connectivity index (χ4n) is 1.84. The van der Waals surface area contributed by atoms with Crippen molar-refractivity contribution in [3.63, 3.8) is 0 Å². The highest BCUT2D eigenvalue weighted by atomic mass is 16.5. The number of H-pyrrole nitrogens is 1. The average molecular weight is 261 g/mol. The van der Waals surface area contributed by atoms with E-state index in [9.17, 15) is 9.59 Å². The van der Waals surface area contributed by atoms with Gasteiger partial charge in [-0.05, 0) is 25.1 Å². The van der Waals surface area contributed by atoms with Crippen LogP contribution in [0.25, 0.3) is 10.9 Å². The molecule has 2 aromatic rings. The Bertz CT molecular complexity index is 633. The lowest BCUT2D eigenvalue weighted by molar-refractivity contribution is -0.142. The largest absolute Gasteiger partial charge is 0.467 e. The molecule has 1 heterocycles. The van der Waals surface area contributed by atoms with Crippen LogP contribution in [0.5, 0.6) is 0 Å². The molecule has 0 saturated heterocycles. The highest BCUT2D eigenvalue weighted by molar-refractivity contribution is 6.08. The zero-order chi connectivity index (χ0) is 14.0. The maximum absolute atomic E-state index is 12.1. The first-order valence-electron chi connectivity index (χ1n) is 5.78. The summed E-state index contributed by atoms with van der Waals surface area (Å²) >= 11 is 0. The predicted octanol–water partition coefficient (Wildman–Crippen LogP) is 1.04. The van der Waals surface area contributed by atoms with E-state index in [-0.39, 0.29) is 5.91 Å². The number of anilines is 1. The number of ether oxygens (including phenoxy) is 1. The number of nitrogens with two attached hydrogens (primary N) is 1. The van der Waals surface area contributed by atoms with E-state index in [4.69, 9.17) is 5.73 Å². The second-order valence-corrected chi connectivity index (χ2v) is 4.23. The van der Waals surface area contributed by atoms with Crippen LogP contribution in [0.3, 0.4) is 0 Å². The van der Waals surface area contributed by atoms with Gasteiger partial charge in [0.25, 0.3) is 5.91 Å². The lowest BCUT2D eigenvalue weighted by Crippen LogP contribution is -2.39. The van der Waals surface area contributed by atoms with Crippen molar-refractivity contribution in [1.82, 2.24) is 10.3 Å². The molecule has 1 atom stereocenters. The van der Waals surface area contributed by atoms with Crippen molar-refractivity contribution in [1.29, 1.82) is 0 Å². The van der Waals surface area contributed by atoms with Gasteiger partial charge in [-0.3, -0.25) is 4.79 Å². The fourth-order valence-corrected chi connectivity index (χ4v) is 1.84. The van der Waals surface area contributed by atoms with Crippen molar-refractivity contribution in [3.05, 3.63) is 30.0 Å². The molecule has 0 spiro atoms. The Labute approximate surface area is 109 Å². The highest BCUT2D eigenvalue weighted by Crippen LogP contribution is 2.20. The normalized spacial score (nSPS) is 12.1. The van der Waals surface area contributed by atoms with Crippen molar-refractivity contribution in [2.24, 2.45) is 0 Å². The topological polar surface area (TPSA) is 97.2 Å². The number of rotatable bonds is 3. The molecule has 0 bridgehead atoms. The minimum Gasteiger partial charge on any atom is -0.467 e. The molecule has 0 fully saturated rings. The summed E-state index contributed by atoms with van der Waals surface area (Å²) in [4.78, 5) is 26.3. The smallest absolute Gasteiger partial charge is 0.328 e. The number of esters is 1. The second-order valence-electron chi connectivity index (χ2n) is 4.23. The first-order valence-corrected chi connectivity index (χ1v) is 5.78. The van der Waals surface area contributed by atoms with Crippen molar-refractivity contribution < 1.29 is 14.3 Å². The summed E-state index contributed by atoms with van der Waals surface area (Å²) in [5.41, 5.74) is 7.53. The van der Waals surface area contributed by atoms with Gasteiger partial charge in [-0.1, -0.05) is 0 Å². The van der Waals surface area contributed by atoms with Gasteiger partial charge in [0.1, 0.15) is 6.04 Å². The number of carbonyl (C=O) groups is 2. The predicted molar refractivity (Wildman–Crippen MR) is 71.7 cm³/mol. The van der Waals surface area contributed by atoms with E-state index in [0.717, 1.165) is 10.9 Å². The van der Waals surface area contributed by atoms with Crippen LogP contribution in [0.2, 0.25) is 0 Å². The van der Waals surface area contributed by atoms with Gasteiger partial charge in [-0.2, -0.15) is 0 Å². The SMILES string of the molecule is COC(=O)C(C)NC(=O)c1c[nH]c2ccc(N)cc12. The highest BCUT2D eigenvalue weighted by Gasteiger charge is 2.19. The van der Waals surface area contributed by atoms with Gasteiger partial charge in [-0.15, -0.1) is 0 Å². The number of amides is 1. The summed E-state index contributed by atoms with van der Waals surface area (Å²) < 4.78 is 4.56. The Morgan fingerprint density at radius 2 is 2.16 bits per heavy atom. The van der Waals surface area contributed by atoms with E-state index in [0.29, 0.717) is 11.3 Å². The third-order valence-electron chi connectivity index (χ3n) is 2.85. The van der Waals surface area contributed by atoms with Crippen LogP contribution in [0.15, 0.2) is 24.4 Å². The van der Waals surface area contributed by atoms with Gasteiger partial charge in [0.15, 0.2) is 0 Å². The third-order valence-corrected chi connectivity index (χ3v) is 2.85. The number of aromatic amines is 1. The summed E-state index contributed by atoms with van der Waals surface area (Å²) in [7, 11) is 1.28. The molecule has 0 radical (unpaired) electrons. The monoisotopic (exact) mass is 261 g/mol. The molecule has 6 heteroatoms. The van der Waals surface area contributed by atoms with Crippen LogP contribution in [0.4, 0.5) is 5.69 Å². The fraction of sp³-hybridized carbons (Fsp3) is 0.231. The maximum atomic E-state index is 12.1. The van der Waals surface area contributed by atoms with Gasteiger partial charge in [0.2, 0.25) is 0 Å². The van der Waals surface area contributed by atoms with Crippen LogP contribution < -0.4 is 11.1 Å². The van der Waals surface area contributed by atoms with E-state index in [1.165, 1.54) is 7.11 Å². The standard InChI is InChI=1S/C13H15N3O3/c1-7(13(18)19-2)16-12(17)10-6-15-11-4-3-8(14)5-9(10)11/h3-7,15H,14H2,1-2H3,(H,16,17). The summed E-state index contributed by atoms with van der Waals surface area (Å²) in [6.45, 7) is 1.56. The van der Waals surface area contributed by atoms with Crippen LogP contribution in [0, 0.1) is 0 Å². The van der Waals surface area contributed by atoms with Gasteiger partial charge >= 0.3 is 5.97 Å². The van der Waals surface area contributed by atoms with E-state index in [2.05, 4.69) is 15.0 Å². The Balaban J connectivity index is 2.27. The molecule has 0 aliphatic heterocycles. The van der Waals surface area contributed by atoms with Gasteiger partial charge in [0, 0.05) is 22.8 Å². The van der Waals surface area contributed by atoms with E-state index in [1.54, 1.807) is 31.3 Å². The molecule has 100 valence electrons. The van der Waals surface area contributed by atoms with Crippen LogP contribution >= 0.6 is 0 Å². The van der Waals surface area contributed by atoms with Crippen LogP contribution in [-0.2, 0) is 9.53 Å². The zero-order valence-electron chi connectivity index (χ0n) is 10.7. The Morgan fingerprint density at radius 1 is 1.42 bits per heavy atom. The molecule has 19 heavy (non-hydrogen) atoms. The molecule has 6 nitrogen and oxygen atoms in total. The first kappa shape index (κ1) is 12.9. The summed E-state index contributed by atoms with van der Waals surface area (Å²) in [6, 6.07) is 4.55. The minimum absolute atomic E-state index is 0.352. The number of nitrogens with one attached hydrogen (secondary N) is 2. The Morgan fingerprint density at radius 3 is 2.84 bits per heavy atom. The second kappa shape index (κ2) is 5.01. The quantitative estimate of drug-likeness (QED) is 0.568. The third kappa shape index (κ3) is 2.52. The number of hydrogen-bond acceptors (Lipinski definition) is 4. The van der Waals surface area contributed by atoms with Crippen LogP contribution in [0.1, 0.15) is 17.3 Å². The molecular formula is C13H15N3O3. The lowest BCUT2D eigenvalue weighted by atomic mass is 10.1. The number of aromatic nitrogens is 1. The van der Waals surface area contributed by atoms with E-state index >= 15 is 0 Å². The van der Waals surface area contributed by atoms with Crippen molar-refractivity contribution in [3.8, 4) is 0 Å². The molecule has 0 aliphatic carbocycles. The van der Waals surface area contributed by atoms with Crippen molar-refractivity contribution in [2.45, 2.75) is 13.0 Å². The number of fused-ring (bicyclic) bond motifs is 1. The van der Waals surface area contributed by atoms with E-state index < -0.39 is 12.0 Å². The van der Waals surface area contributed by atoms with Crippen molar-refractivity contribution >= 4 is 28.5 Å². The number of nitrogen functional groups attached to an aromatic ring is 1. The number of carbonyl (C=O) groups excluding carboxylic acids is 2. The Kier molecular flexibility index (Phi) is 3.41. The first-order chi connectivity index (χ1) is 9.02. The molecule has 1 unspecified atom stereocenters. The summed E-state index contributed by atoms with van der Waals surface area (Å²) in [5.74, 6) is -0.845. The molecule has 1 aromatic carbocycles. The minimum atomic E-state index is -0.705. The number of hydrogen-bond donors (Lipinski definition) is 3. The van der Waals surface area contributed by atoms with Crippen LogP contribution in [-0.4, -0.2) is 30.0 Å². The van der Waals surface area contributed by atoms with E-state index in [1.807, 2.05) is 0 Å². The summed E-state index contributed by atoms with van der Waals surface area (Å²) in [5, 5.41) is 3.29. The Hall–Kier alpha value is -2.50. The number of methoxy groups -OCH3 is 1. The number of benzene rings is 1. The molecule has 4 N–H and O–H groups in total. The average Bonchev–Trinajstić information content (AvgIpc) is 2.80. The molecule has 2 rings (SSSR count). The summed E-state index contributed by atoms with van der Waals surface area (Å²) in [6.07, 6.45) is 1.59. The molecule has 1 aromatic heterocycles. The molecular weight excluding hydrogens is 246 g/mol. The zero-order valence-corrected chi connectivity index (χ0v) is 10.7. The molecule has 0 saturated carbocycles. The van der Waals surface area contributed by atoms with Gasteiger partial charge in [-0.25, -0.2) is 4.79 Å². The maximum Gasteiger partial charge on any atom is 0.328 e. The molecule has 0 aliphatic rings.